The molecule has 196 valence electrons. The fourth-order valence-corrected chi connectivity index (χ4v) is 5.54. The van der Waals surface area contributed by atoms with Gasteiger partial charge in [-0.05, 0) is 72.1 Å². The van der Waals surface area contributed by atoms with Crippen molar-refractivity contribution < 1.29 is 33.8 Å². The summed E-state index contributed by atoms with van der Waals surface area (Å²) < 4.78 is 10.7. The summed E-state index contributed by atoms with van der Waals surface area (Å²) in [6.45, 7) is 7.25. The van der Waals surface area contributed by atoms with Gasteiger partial charge >= 0.3 is 12.1 Å². The quantitative estimate of drug-likeness (QED) is 0.454. The summed E-state index contributed by atoms with van der Waals surface area (Å²) >= 11 is 0. The van der Waals surface area contributed by atoms with Crippen LogP contribution in [-0.2, 0) is 23.9 Å². The highest BCUT2D eigenvalue weighted by Crippen LogP contribution is 2.58. The molecule has 0 radical (unpaired) electrons. The van der Waals surface area contributed by atoms with E-state index in [9.17, 15) is 24.3 Å². The van der Waals surface area contributed by atoms with Crippen molar-refractivity contribution in [3.05, 3.63) is 12.2 Å². The van der Waals surface area contributed by atoms with Gasteiger partial charge in [-0.1, -0.05) is 25.0 Å². The second-order valence-electron chi connectivity index (χ2n) is 11.3. The summed E-state index contributed by atoms with van der Waals surface area (Å²) in [4.78, 5) is 52.4. The van der Waals surface area contributed by atoms with Crippen molar-refractivity contribution in [3.8, 4) is 0 Å². The van der Waals surface area contributed by atoms with Gasteiger partial charge in [-0.15, -0.1) is 0 Å². The van der Waals surface area contributed by atoms with Gasteiger partial charge in [0.25, 0.3) is 0 Å². The van der Waals surface area contributed by atoms with Crippen LogP contribution in [0.3, 0.4) is 0 Å². The van der Waals surface area contributed by atoms with E-state index < -0.39 is 41.1 Å². The molecule has 0 aromatic carbocycles. The number of hydrogen-bond donors (Lipinski definition) is 2. The van der Waals surface area contributed by atoms with Crippen LogP contribution in [0.15, 0.2) is 12.2 Å². The third kappa shape index (κ3) is 6.93. The number of fused-ring (bicyclic) bond motifs is 2. The maximum Gasteiger partial charge on any atom is 0.408 e. The summed E-state index contributed by atoms with van der Waals surface area (Å²) in [5.74, 6) is -2.21. The molecule has 0 heterocycles. The smallest absolute Gasteiger partial charge is 0.408 e. The molecular formula is C27H41NO7. The molecule has 3 aliphatic rings. The van der Waals surface area contributed by atoms with Crippen molar-refractivity contribution in [2.45, 2.75) is 103 Å². The summed E-state index contributed by atoms with van der Waals surface area (Å²) in [5.41, 5.74) is -1.58. The molecule has 2 unspecified atom stereocenters. The van der Waals surface area contributed by atoms with Crippen molar-refractivity contribution in [3.63, 3.8) is 0 Å². The van der Waals surface area contributed by atoms with Gasteiger partial charge in [0.05, 0.1) is 24.2 Å². The van der Waals surface area contributed by atoms with Crippen LogP contribution in [0.25, 0.3) is 0 Å². The Balaban J connectivity index is 1.84. The Kier molecular flexibility index (Phi) is 8.78. The highest BCUT2D eigenvalue weighted by molar-refractivity contribution is 5.97. The Bertz CT molecular complexity index is 845. The molecule has 8 heteroatoms. The number of ketones is 2. The molecule has 3 rings (SSSR count). The van der Waals surface area contributed by atoms with Gasteiger partial charge in [-0.2, -0.15) is 0 Å². The fraction of sp³-hybridized carbons (Fsp3) is 0.778. The van der Waals surface area contributed by atoms with Gasteiger partial charge in [0, 0.05) is 18.3 Å². The zero-order valence-electron chi connectivity index (χ0n) is 21.5. The number of esters is 1. The van der Waals surface area contributed by atoms with Crippen molar-refractivity contribution in [1.29, 1.82) is 0 Å². The molecule has 0 spiro atoms. The van der Waals surface area contributed by atoms with Crippen molar-refractivity contribution in [1.82, 2.24) is 5.32 Å². The second kappa shape index (κ2) is 11.2. The summed E-state index contributed by atoms with van der Waals surface area (Å²) in [5, 5.41) is 13.1. The van der Waals surface area contributed by atoms with Crippen LogP contribution in [0.5, 0.6) is 0 Å². The normalized spacial score (nSPS) is 35.1. The van der Waals surface area contributed by atoms with Crippen LogP contribution in [0, 0.1) is 23.2 Å². The van der Waals surface area contributed by atoms with Crippen molar-refractivity contribution in [2.75, 3.05) is 6.61 Å². The average molecular weight is 492 g/mol. The van der Waals surface area contributed by atoms with Crippen molar-refractivity contribution in [2.24, 2.45) is 23.2 Å². The molecule has 3 aliphatic carbocycles. The number of Topliss-reactive ketones (excluding diaryl/α,β-unsaturated/α-hetero) is 2. The van der Waals surface area contributed by atoms with Crippen molar-refractivity contribution >= 4 is 23.6 Å². The standard InChI is InChI=1S/C27H41NO7/c1-5-34-24(32)27-15-17(27)11-9-7-6-8-10-12-21(28-25(33)35-26(2,3)4)23(31)20-14-18(29)13-19(20)22(30)16-27/h9,11,17-21,29H,5-8,10,12-16H2,1-4H3,(H,28,33)/b11-9-/t17?,18-,19+,20?,21-,27+/m0/s1. The summed E-state index contributed by atoms with van der Waals surface area (Å²) in [6.07, 6.45) is 7.44. The van der Waals surface area contributed by atoms with E-state index in [4.69, 9.17) is 9.47 Å². The molecule has 8 nitrogen and oxygen atoms in total. The van der Waals surface area contributed by atoms with Gasteiger partial charge in [0.15, 0.2) is 5.78 Å². The lowest BCUT2D eigenvalue weighted by atomic mass is 9.81. The molecule has 6 atom stereocenters. The van der Waals surface area contributed by atoms with Gasteiger partial charge in [0.1, 0.15) is 11.4 Å². The second-order valence-corrected chi connectivity index (χ2v) is 11.3. The summed E-state index contributed by atoms with van der Waals surface area (Å²) in [7, 11) is 0. The number of aliphatic hydroxyl groups is 1. The topological polar surface area (TPSA) is 119 Å². The molecule has 0 aliphatic heterocycles. The number of nitrogens with one attached hydrogen (secondary N) is 1. The zero-order chi connectivity index (χ0) is 25.8. The number of ether oxygens (including phenoxy) is 2. The Labute approximate surface area is 208 Å². The predicted octanol–water partition coefficient (Wildman–Crippen LogP) is 3.88. The number of aliphatic hydroxyl groups excluding tert-OH is 1. The Hall–Kier alpha value is -2.22. The maximum absolute atomic E-state index is 13.6. The van der Waals surface area contributed by atoms with E-state index in [0.717, 1.165) is 25.7 Å². The van der Waals surface area contributed by atoms with Crippen LogP contribution in [-0.4, -0.2) is 53.1 Å². The van der Waals surface area contributed by atoms with Crippen LogP contribution >= 0.6 is 0 Å². The number of amides is 1. The molecule has 0 aromatic heterocycles. The molecule has 2 fully saturated rings. The molecule has 1 amide bonds. The first-order valence-electron chi connectivity index (χ1n) is 13.0. The molecule has 0 bridgehead atoms. The third-order valence-corrected chi connectivity index (χ3v) is 7.39. The first-order valence-corrected chi connectivity index (χ1v) is 13.0. The highest BCUT2D eigenvalue weighted by Gasteiger charge is 2.61. The van der Waals surface area contributed by atoms with E-state index >= 15 is 0 Å². The predicted molar refractivity (Wildman–Crippen MR) is 129 cm³/mol. The van der Waals surface area contributed by atoms with E-state index in [1.165, 1.54) is 0 Å². The van der Waals surface area contributed by atoms with Gasteiger partial charge < -0.3 is 19.9 Å². The first kappa shape index (κ1) is 27.4. The SMILES string of the molecule is CCOC(=O)[C@]12CC(=O)[C@@H]3C[C@H](O)CC3C(=O)[C@@H](NC(=O)OC(C)(C)C)CCCCC/C=C\C1C2. The first-order chi connectivity index (χ1) is 16.5. The van der Waals surface area contributed by atoms with Gasteiger partial charge in [-0.3, -0.25) is 14.4 Å². The minimum Gasteiger partial charge on any atom is -0.466 e. The molecule has 35 heavy (non-hydrogen) atoms. The molecule has 0 aromatic rings. The number of allylic oxidation sites excluding steroid dienone is 2. The van der Waals surface area contributed by atoms with Gasteiger partial charge in [0.2, 0.25) is 0 Å². The van der Waals surface area contributed by atoms with E-state index in [-0.39, 0.29) is 49.3 Å². The lowest BCUT2D eigenvalue weighted by molar-refractivity contribution is -0.152. The summed E-state index contributed by atoms with van der Waals surface area (Å²) in [6, 6.07) is -0.788. The number of alkyl carbamates (subject to hydrolysis) is 1. The molecule has 2 saturated carbocycles. The Morgan fingerprint density at radius 1 is 1.14 bits per heavy atom. The molecule has 0 saturated heterocycles. The Morgan fingerprint density at radius 3 is 2.54 bits per heavy atom. The van der Waals surface area contributed by atoms with E-state index in [0.29, 0.717) is 12.8 Å². The number of carbonyl (C=O) groups is 4. The van der Waals surface area contributed by atoms with Crippen LogP contribution in [0.1, 0.15) is 85.5 Å². The molecule has 2 N–H and O–H groups in total. The van der Waals surface area contributed by atoms with Gasteiger partial charge in [-0.25, -0.2) is 4.79 Å². The lowest BCUT2D eigenvalue weighted by Crippen LogP contribution is -2.47. The Morgan fingerprint density at radius 2 is 1.86 bits per heavy atom. The number of rotatable bonds is 3. The van der Waals surface area contributed by atoms with Crippen LogP contribution < -0.4 is 5.32 Å². The third-order valence-electron chi connectivity index (χ3n) is 7.39. The van der Waals surface area contributed by atoms with E-state index in [1.54, 1.807) is 27.7 Å². The maximum atomic E-state index is 13.6. The van der Waals surface area contributed by atoms with Crippen LogP contribution in [0.4, 0.5) is 4.79 Å². The fourth-order valence-electron chi connectivity index (χ4n) is 5.54. The number of carbonyl (C=O) groups excluding carboxylic acids is 4. The molecular weight excluding hydrogens is 450 g/mol. The van der Waals surface area contributed by atoms with E-state index in [1.807, 2.05) is 6.08 Å². The average Bonchev–Trinajstić information content (AvgIpc) is 3.30. The minimum absolute atomic E-state index is 0.00612. The highest BCUT2D eigenvalue weighted by atomic mass is 16.6. The monoisotopic (exact) mass is 491 g/mol. The lowest BCUT2D eigenvalue weighted by Gasteiger charge is -2.26. The van der Waals surface area contributed by atoms with E-state index in [2.05, 4.69) is 11.4 Å². The zero-order valence-corrected chi connectivity index (χ0v) is 21.5. The van der Waals surface area contributed by atoms with Crippen LogP contribution in [0.2, 0.25) is 0 Å². The minimum atomic E-state index is -0.876. The number of hydrogen-bond acceptors (Lipinski definition) is 7. The largest absolute Gasteiger partial charge is 0.466 e.